The molecule has 26 rings (SSSR count). The minimum absolute atomic E-state index is 1.12. The van der Waals surface area contributed by atoms with Gasteiger partial charge in [-0.15, -0.1) is 45.3 Å². The molecule has 6 nitrogen and oxygen atoms in total. The van der Waals surface area contributed by atoms with Gasteiger partial charge < -0.3 is 29.4 Å². The fourth-order valence-electron chi connectivity index (χ4n) is 20.0. The van der Waals surface area contributed by atoms with Crippen LogP contribution in [0.1, 0.15) is 0 Å². The zero-order chi connectivity index (χ0) is 94.2. The van der Waals surface area contributed by atoms with Gasteiger partial charge in [0.25, 0.3) is 0 Å². The van der Waals surface area contributed by atoms with Crippen LogP contribution in [0.4, 0.5) is 102 Å². The molecular formula is C132H90N6S4. The topological polar surface area (TPSA) is 19.4 Å². The predicted octanol–water partition coefficient (Wildman–Crippen LogP) is 40.3. The van der Waals surface area contributed by atoms with Crippen molar-refractivity contribution in [1.29, 1.82) is 0 Å². The summed E-state index contributed by atoms with van der Waals surface area (Å²) in [6, 6.07) is 198. The number of fused-ring (bicyclic) bond motifs is 12. The van der Waals surface area contributed by atoms with Crippen LogP contribution in [0.15, 0.2) is 546 Å². The minimum Gasteiger partial charge on any atom is -0.311 e. The predicted molar refractivity (Wildman–Crippen MR) is 614 cm³/mol. The van der Waals surface area contributed by atoms with Gasteiger partial charge >= 0.3 is 0 Å². The summed E-state index contributed by atoms with van der Waals surface area (Å²) in [4.78, 5) is 14.0. The molecule has 0 saturated heterocycles. The number of rotatable bonds is 22. The quantitative estimate of drug-likeness (QED) is 0.0669. The largest absolute Gasteiger partial charge is 0.311 e. The Labute approximate surface area is 841 Å². The van der Waals surface area contributed by atoms with E-state index in [-0.39, 0.29) is 0 Å². The van der Waals surface area contributed by atoms with Crippen LogP contribution in [0, 0.1) is 0 Å². The van der Waals surface area contributed by atoms with Crippen molar-refractivity contribution in [3.8, 4) is 44.5 Å². The van der Waals surface area contributed by atoms with Crippen molar-refractivity contribution in [2.24, 2.45) is 0 Å². The highest BCUT2D eigenvalue weighted by molar-refractivity contribution is 7.27. The zero-order valence-corrected chi connectivity index (χ0v) is 80.5. The Balaban J connectivity index is 0.000000149. The first-order chi connectivity index (χ1) is 70.4. The second-order valence-electron chi connectivity index (χ2n) is 35.5. The van der Waals surface area contributed by atoms with Gasteiger partial charge in [0.1, 0.15) is 0 Å². The third-order valence-corrected chi connectivity index (χ3v) is 31.4. The zero-order valence-electron chi connectivity index (χ0n) is 77.3. The van der Waals surface area contributed by atoms with Crippen molar-refractivity contribution in [3.63, 3.8) is 0 Å². The maximum Gasteiger partial charge on any atom is 0.0476 e. The average Bonchev–Trinajstić information content (AvgIpc) is 1.55. The van der Waals surface area contributed by atoms with Gasteiger partial charge in [0.15, 0.2) is 0 Å². The Hall–Kier alpha value is -17.5. The molecule has 0 aliphatic carbocycles. The first-order valence-electron chi connectivity index (χ1n) is 48.0. The van der Waals surface area contributed by atoms with Gasteiger partial charge in [-0.2, -0.15) is 0 Å². The lowest BCUT2D eigenvalue weighted by atomic mass is 10.0. The summed E-state index contributed by atoms with van der Waals surface area (Å²) in [5.74, 6) is 0. The number of nitrogens with zero attached hydrogens (tertiary/aromatic N) is 6. The number of anilines is 18. The molecular weight excluding hydrogens is 1800 g/mol. The van der Waals surface area contributed by atoms with Crippen molar-refractivity contribution < 1.29 is 0 Å². The molecule has 0 aliphatic heterocycles. The summed E-state index contributed by atoms with van der Waals surface area (Å²) in [6.45, 7) is 0. The normalized spacial score (nSPS) is 11.4. The summed E-state index contributed by atoms with van der Waals surface area (Å²) in [6.07, 6.45) is 0. The summed E-state index contributed by atoms with van der Waals surface area (Å²) in [5.41, 5.74) is 29.9. The van der Waals surface area contributed by atoms with E-state index < -0.39 is 0 Å². The van der Waals surface area contributed by atoms with E-state index in [2.05, 4.69) is 575 Å². The molecule has 22 aromatic carbocycles. The van der Waals surface area contributed by atoms with Crippen molar-refractivity contribution in [2.75, 3.05) is 29.4 Å². The maximum atomic E-state index is 2.41. The molecule has 0 fully saturated rings. The van der Waals surface area contributed by atoms with Gasteiger partial charge in [0.05, 0.1) is 0 Å². The van der Waals surface area contributed by atoms with Crippen molar-refractivity contribution in [1.82, 2.24) is 0 Å². The molecule has 0 bridgehead atoms. The molecule has 0 radical (unpaired) electrons. The van der Waals surface area contributed by atoms with E-state index in [4.69, 9.17) is 0 Å². The first-order valence-corrected chi connectivity index (χ1v) is 51.2. The van der Waals surface area contributed by atoms with E-state index in [1.165, 1.54) is 125 Å². The van der Waals surface area contributed by atoms with Crippen LogP contribution in [-0.2, 0) is 0 Å². The van der Waals surface area contributed by atoms with Crippen LogP contribution in [0.2, 0.25) is 0 Å². The second-order valence-corrected chi connectivity index (χ2v) is 39.9. The smallest absolute Gasteiger partial charge is 0.0476 e. The molecule has 10 heteroatoms. The lowest BCUT2D eigenvalue weighted by Crippen LogP contribution is -2.09. The third kappa shape index (κ3) is 17.0. The van der Waals surface area contributed by atoms with E-state index in [0.717, 1.165) is 102 Å². The molecule has 0 N–H and O–H groups in total. The molecule has 142 heavy (non-hydrogen) atoms. The fraction of sp³-hybridized carbons (Fsp3) is 0. The number of hydrogen-bond acceptors (Lipinski definition) is 10. The number of thiophene rings is 4. The molecule has 0 aliphatic rings. The minimum atomic E-state index is 1.12. The molecule has 4 heterocycles. The van der Waals surface area contributed by atoms with Gasteiger partial charge in [-0.3, -0.25) is 0 Å². The first kappa shape index (κ1) is 86.1. The Morgan fingerprint density at radius 2 is 0.232 bits per heavy atom. The maximum absolute atomic E-state index is 2.41. The lowest BCUT2D eigenvalue weighted by molar-refractivity contribution is 1.28. The van der Waals surface area contributed by atoms with E-state index >= 15 is 0 Å². The Kier molecular flexibility index (Phi) is 23.1. The van der Waals surface area contributed by atoms with Crippen molar-refractivity contribution >= 4 is 228 Å². The van der Waals surface area contributed by atoms with Crippen LogP contribution in [0.25, 0.3) is 125 Å². The standard InChI is InChI=1S/2C66H45N3S2/c1-6-16-50(17-7-1)67(51-18-8-2-9-19-51)55-32-26-46(27-33-55)48-30-40-63-61(42-48)59-38-36-57(44-65(59)70-63)69(54-24-14-5-15-25-54)58-37-39-60-62-43-49(31-41-64(62)71-66(60)45-58)47-28-34-56(35-29-47)68(52-20-10-3-11-21-52)53-22-12-4-13-23-53;1-6-16-50(17-7-1)67(51-18-8-2-9-19-51)55-32-26-46(27-33-55)48-30-38-63-59(42-48)61-44-57(36-40-65(61)70-63)69(54-24-14-5-15-25-54)58-37-41-66-62(45-58)60-43-49(31-39-64(60)71-66)47-28-34-56(35-29-47)68(52-20-10-3-11-21-52)53-22-12-4-13-23-53/h2*1-45H. The third-order valence-electron chi connectivity index (χ3n) is 26.8. The number of benzene rings is 22. The molecule has 0 amide bonds. The van der Waals surface area contributed by atoms with Gasteiger partial charge in [-0.05, 0) is 324 Å². The molecule has 0 unspecified atom stereocenters. The summed E-state index contributed by atoms with van der Waals surface area (Å²) in [7, 11) is 0. The van der Waals surface area contributed by atoms with E-state index in [0.29, 0.717) is 0 Å². The molecule has 26 aromatic rings. The van der Waals surface area contributed by atoms with Crippen LogP contribution in [-0.4, -0.2) is 0 Å². The van der Waals surface area contributed by atoms with Gasteiger partial charge in [-0.1, -0.05) is 267 Å². The summed E-state index contributed by atoms with van der Waals surface area (Å²) < 4.78 is 10.2. The van der Waals surface area contributed by atoms with Crippen LogP contribution < -0.4 is 29.4 Å². The van der Waals surface area contributed by atoms with Crippen LogP contribution in [0.5, 0.6) is 0 Å². The Morgan fingerprint density at radius 3 is 0.444 bits per heavy atom. The Bertz CT molecular complexity index is 8340. The molecule has 0 saturated carbocycles. The van der Waals surface area contributed by atoms with Gasteiger partial charge in [0, 0.05) is 183 Å². The van der Waals surface area contributed by atoms with Crippen LogP contribution >= 0.6 is 45.3 Å². The molecule has 672 valence electrons. The molecule has 0 atom stereocenters. The average molecular weight is 1890 g/mol. The molecule has 4 aromatic heterocycles. The number of para-hydroxylation sites is 10. The highest BCUT2D eigenvalue weighted by atomic mass is 32.1. The van der Waals surface area contributed by atoms with E-state index in [9.17, 15) is 0 Å². The van der Waals surface area contributed by atoms with E-state index in [1.807, 2.05) is 45.3 Å². The monoisotopic (exact) mass is 1890 g/mol. The Morgan fingerprint density at radius 1 is 0.0915 bits per heavy atom. The number of hydrogen-bond donors (Lipinski definition) is 0. The molecule has 0 spiro atoms. The van der Waals surface area contributed by atoms with Crippen molar-refractivity contribution in [2.45, 2.75) is 0 Å². The highest BCUT2D eigenvalue weighted by Gasteiger charge is 2.24. The summed E-state index contributed by atoms with van der Waals surface area (Å²) >= 11 is 7.43. The lowest BCUT2D eigenvalue weighted by Gasteiger charge is -2.26. The van der Waals surface area contributed by atoms with Crippen LogP contribution in [0.3, 0.4) is 0 Å². The fourth-order valence-corrected chi connectivity index (χ4v) is 24.4. The van der Waals surface area contributed by atoms with E-state index in [1.54, 1.807) is 0 Å². The SMILES string of the molecule is c1ccc(N(c2ccccc2)c2ccc(-c3ccc4sc5cc(N(c6ccccc6)c6ccc7c(c6)sc6ccc(-c8ccc(N(c9ccccc9)c9ccccc9)cc8)cc67)ccc5c4c3)cc2)cc1.c1ccc(N(c2ccccc2)c2ccc(-c3ccc4sc5ccc(N(c6ccccc6)c6ccc7sc8ccc(-c9ccc(N(c%10ccccc%10)c%10ccccc%10)cc9)cc8c7c6)cc5c4c3)cc2)cc1. The summed E-state index contributed by atoms with van der Waals surface area (Å²) in [5, 5.41) is 10.2. The van der Waals surface area contributed by atoms with Gasteiger partial charge in [-0.25, -0.2) is 0 Å². The second kappa shape index (κ2) is 38.1. The van der Waals surface area contributed by atoms with Crippen molar-refractivity contribution in [3.05, 3.63) is 546 Å². The van der Waals surface area contributed by atoms with Gasteiger partial charge in [0.2, 0.25) is 0 Å². The highest BCUT2D eigenvalue weighted by Crippen LogP contribution is 2.51.